The first-order valence-electron chi connectivity index (χ1n) is 23.0. The number of esters is 1. The van der Waals surface area contributed by atoms with E-state index in [1.54, 1.807) is 0 Å². The van der Waals surface area contributed by atoms with Crippen molar-refractivity contribution in [3.05, 3.63) is 46.5 Å². The van der Waals surface area contributed by atoms with Crippen molar-refractivity contribution in [2.75, 3.05) is 40.8 Å². The van der Waals surface area contributed by atoms with Crippen molar-refractivity contribution in [1.29, 1.82) is 0 Å². The van der Waals surface area contributed by atoms with Crippen molar-refractivity contribution in [2.24, 2.45) is 62.1 Å². The summed E-state index contributed by atoms with van der Waals surface area (Å²) in [6, 6.07) is 8.86. The summed E-state index contributed by atoms with van der Waals surface area (Å²) in [5.74, 6) is 1.71. The summed E-state index contributed by atoms with van der Waals surface area (Å²) in [4.78, 5) is 40.0. The maximum atomic E-state index is 14.2. The Bertz CT molecular complexity index is 1730. The minimum absolute atomic E-state index is 0.0984. The van der Waals surface area contributed by atoms with Gasteiger partial charge in [-0.3, -0.25) is 19.3 Å². The molecule has 0 saturated heterocycles. The summed E-state index contributed by atoms with van der Waals surface area (Å²) in [5.41, 5.74) is 4.77. The van der Waals surface area contributed by atoms with Crippen molar-refractivity contribution in [3.63, 3.8) is 0 Å². The third-order valence-electron chi connectivity index (χ3n) is 17.9. The van der Waals surface area contributed by atoms with Gasteiger partial charge in [0.25, 0.3) is 0 Å². The number of Topliss-reactive ketones (excluding diaryl/α,β-unsaturated/α-hetero) is 1. The number of methoxy groups -OCH3 is 1. The van der Waals surface area contributed by atoms with Crippen LogP contribution in [0.1, 0.15) is 145 Å². The zero-order valence-electron chi connectivity index (χ0n) is 39.6. The van der Waals surface area contributed by atoms with Gasteiger partial charge in [-0.15, -0.1) is 0 Å². The Morgan fingerprint density at radius 1 is 0.898 bits per heavy atom. The summed E-state index contributed by atoms with van der Waals surface area (Å²) in [6.45, 7) is 28.5. The Balaban J connectivity index is 0.000000528. The molecule has 2 N–H and O–H groups in total. The molecule has 5 aliphatic rings. The van der Waals surface area contributed by atoms with Crippen LogP contribution in [0, 0.1) is 69.0 Å². The van der Waals surface area contributed by atoms with Gasteiger partial charge in [0.2, 0.25) is 0 Å². The average Bonchev–Trinajstić information content (AvgIpc) is 3.46. The summed E-state index contributed by atoms with van der Waals surface area (Å²) in [7, 11) is 5.50. The van der Waals surface area contributed by atoms with Gasteiger partial charge in [-0.05, 0) is 149 Å². The molecular formula is C51H82N2O6. The Kier molecular flexibility index (Phi) is 13.9. The molecule has 9 unspecified atom stereocenters. The van der Waals surface area contributed by atoms with Crippen LogP contribution < -0.4 is 0 Å². The van der Waals surface area contributed by atoms with Crippen LogP contribution in [-0.2, 0) is 25.7 Å². The van der Waals surface area contributed by atoms with E-state index in [9.17, 15) is 19.5 Å². The number of carbonyl (C=O) groups excluding carboxylic acids is 2. The quantitative estimate of drug-likeness (QED) is 0.201. The van der Waals surface area contributed by atoms with Gasteiger partial charge in [-0.1, -0.05) is 90.8 Å². The van der Waals surface area contributed by atoms with E-state index in [1.807, 2.05) is 0 Å². The zero-order chi connectivity index (χ0) is 44.1. The molecule has 332 valence electrons. The lowest BCUT2D eigenvalue weighted by Crippen LogP contribution is -2.65. The fraction of sp³-hybridized carbons (Fsp3) is 0.784. The van der Waals surface area contributed by atoms with Crippen molar-refractivity contribution in [2.45, 2.75) is 153 Å². The standard InChI is InChI=1S/C44H70N2O2.C7H12O4/c1-29(2)38-34(47)26-44(37(48)28-46(25-24-45(10)11)27-32-14-12-30(3)13-15-32)23-22-42(8)33(39(38)44)16-17-36-41(7)20-18-31(4)40(5,6)35(41)19-21-43(36,42)9;1-7(2,6(9)10)4-5(8)11-3/h12-15,29,31,33,35-37,48H,16-28H2,1-11H3;4H2,1-3H3,(H,9,10). The highest BCUT2D eigenvalue weighted by Crippen LogP contribution is 2.77. The molecule has 0 spiro atoms. The molecule has 4 fully saturated rings. The third kappa shape index (κ3) is 8.63. The minimum Gasteiger partial charge on any atom is -0.481 e. The number of allylic oxidation sites excluding steroid dienone is 1. The Labute approximate surface area is 358 Å². The van der Waals surface area contributed by atoms with E-state index >= 15 is 0 Å². The molecule has 0 bridgehead atoms. The molecule has 6 rings (SSSR count). The van der Waals surface area contributed by atoms with Gasteiger partial charge in [0.05, 0.1) is 25.0 Å². The van der Waals surface area contributed by atoms with Crippen molar-refractivity contribution in [3.8, 4) is 0 Å². The number of carboxylic acid groups (broad SMARTS) is 1. The van der Waals surface area contributed by atoms with Gasteiger partial charge in [0, 0.05) is 38.0 Å². The lowest BCUT2D eigenvalue weighted by atomic mass is 9.32. The van der Waals surface area contributed by atoms with E-state index in [0.29, 0.717) is 35.5 Å². The van der Waals surface area contributed by atoms with E-state index in [2.05, 4.69) is 115 Å². The lowest BCUT2D eigenvalue weighted by Gasteiger charge is -2.72. The number of aryl methyl sites for hydroxylation is 1. The largest absolute Gasteiger partial charge is 0.481 e. The minimum atomic E-state index is -1.03. The molecule has 0 amide bonds. The number of hydrogen-bond donors (Lipinski definition) is 2. The van der Waals surface area contributed by atoms with Gasteiger partial charge in [0.1, 0.15) is 0 Å². The van der Waals surface area contributed by atoms with E-state index in [-0.39, 0.29) is 23.2 Å². The highest BCUT2D eigenvalue weighted by molar-refractivity contribution is 6.00. The highest BCUT2D eigenvalue weighted by atomic mass is 16.5. The van der Waals surface area contributed by atoms with E-state index in [4.69, 9.17) is 5.11 Å². The van der Waals surface area contributed by atoms with Gasteiger partial charge in [-0.25, -0.2) is 0 Å². The van der Waals surface area contributed by atoms with Crippen molar-refractivity contribution < 1.29 is 29.3 Å². The molecule has 59 heavy (non-hydrogen) atoms. The molecule has 0 aromatic heterocycles. The Hall–Kier alpha value is -2.55. The maximum Gasteiger partial charge on any atom is 0.309 e. The monoisotopic (exact) mass is 819 g/mol. The van der Waals surface area contributed by atoms with Gasteiger partial charge < -0.3 is 19.8 Å². The molecule has 0 aliphatic heterocycles. The highest BCUT2D eigenvalue weighted by Gasteiger charge is 2.70. The molecule has 8 heteroatoms. The molecule has 1 aromatic carbocycles. The molecule has 0 heterocycles. The molecule has 9 atom stereocenters. The number of hydrogen-bond acceptors (Lipinski definition) is 7. The molecule has 0 radical (unpaired) electrons. The van der Waals surface area contributed by atoms with Gasteiger partial charge in [0.15, 0.2) is 5.78 Å². The molecule has 4 saturated carbocycles. The summed E-state index contributed by atoms with van der Waals surface area (Å²) >= 11 is 0. The topological polar surface area (TPSA) is 107 Å². The number of ether oxygens (including phenoxy) is 1. The molecule has 1 aromatic rings. The van der Waals surface area contributed by atoms with Crippen LogP contribution in [0.25, 0.3) is 0 Å². The number of aliphatic carboxylic acids is 1. The summed E-state index contributed by atoms with van der Waals surface area (Å²) in [6.07, 6.45) is 9.73. The number of ketones is 1. The Morgan fingerprint density at radius 2 is 1.54 bits per heavy atom. The fourth-order valence-corrected chi connectivity index (χ4v) is 13.7. The summed E-state index contributed by atoms with van der Waals surface area (Å²) in [5, 5.41) is 21.2. The van der Waals surface area contributed by atoms with Crippen LogP contribution in [0.3, 0.4) is 0 Å². The first-order valence-corrected chi connectivity index (χ1v) is 23.0. The second kappa shape index (κ2) is 17.3. The summed E-state index contributed by atoms with van der Waals surface area (Å²) < 4.78 is 4.33. The zero-order valence-corrected chi connectivity index (χ0v) is 39.6. The Morgan fingerprint density at radius 3 is 2.12 bits per heavy atom. The smallest absolute Gasteiger partial charge is 0.309 e. The van der Waals surface area contributed by atoms with Crippen LogP contribution >= 0.6 is 0 Å². The number of carbonyl (C=O) groups is 3. The fourth-order valence-electron chi connectivity index (χ4n) is 13.7. The second-order valence-electron chi connectivity index (χ2n) is 22.6. The van der Waals surface area contributed by atoms with Crippen molar-refractivity contribution in [1.82, 2.24) is 9.80 Å². The first kappa shape index (κ1) is 47.5. The third-order valence-corrected chi connectivity index (χ3v) is 17.9. The number of likely N-dealkylation sites (N-methyl/N-ethyl adjacent to an activating group) is 1. The van der Waals surface area contributed by atoms with E-state index in [0.717, 1.165) is 55.8 Å². The predicted molar refractivity (Wildman–Crippen MR) is 238 cm³/mol. The first-order chi connectivity index (χ1) is 27.3. The van der Waals surface area contributed by atoms with Crippen LogP contribution in [0.4, 0.5) is 0 Å². The van der Waals surface area contributed by atoms with E-state index in [1.165, 1.54) is 76.2 Å². The second-order valence-corrected chi connectivity index (χ2v) is 22.6. The number of rotatable bonds is 12. The number of fused-ring (bicyclic) bond motifs is 7. The van der Waals surface area contributed by atoms with Crippen LogP contribution in [0.5, 0.6) is 0 Å². The van der Waals surface area contributed by atoms with Gasteiger partial charge in [-0.2, -0.15) is 0 Å². The normalized spacial score (nSPS) is 34.4. The van der Waals surface area contributed by atoms with Crippen LogP contribution in [0.15, 0.2) is 35.4 Å². The molecule has 8 nitrogen and oxygen atoms in total. The van der Waals surface area contributed by atoms with E-state index < -0.39 is 28.9 Å². The number of nitrogens with zero attached hydrogens (tertiary/aromatic N) is 2. The SMILES string of the molecule is COC(=O)CC(C)(C)C(=O)O.Cc1ccc(CN(CCN(C)C)CC(O)C23CCC4(C)C(CCC5C6(C)CCC(C)C(C)(C)C6CCC54C)C2=C(C(C)C)C(=O)C3)cc1. The molecule has 5 aliphatic carbocycles. The maximum absolute atomic E-state index is 14.2. The number of benzene rings is 1. The van der Waals surface area contributed by atoms with Gasteiger partial charge >= 0.3 is 11.9 Å². The molecular weight excluding hydrogens is 737 g/mol. The number of aliphatic hydroxyl groups excluding tert-OH is 1. The van der Waals surface area contributed by atoms with Crippen LogP contribution in [-0.4, -0.2) is 84.7 Å². The van der Waals surface area contributed by atoms with Crippen molar-refractivity contribution >= 4 is 17.7 Å². The lowest BCUT2D eigenvalue weighted by molar-refractivity contribution is -0.222. The predicted octanol–water partition coefficient (Wildman–Crippen LogP) is 10.00. The number of carboxylic acids is 1. The number of aliphatic hydroxyl groups is 1. The average molecular weight is 819 g/mol. The van der Waals surface area contributed by atoms with Crippen LogP contribution in [0.2, 0.25) is 0 Å².